The van der Waals surface area contributed by atoms with Crippen molar-refractivity contribution in [2.24, 2.45) is 7.05 Å². The molecular formula is C74H102N3+3. The molecule has 9 aromatic rings. The minimum absolute atomic E-state index is 0. The van der Waals surface area contributed by atoms with Crippen molar-refractivity contribution in [1.82, 2.24) is 0 Å². The van der Waals surface area contributed by atoms with Crippen molar-refractivity contribution in [2.45, 2.75) is 222 Å². The SMILES string of the molecule is C.C.C.Cc1c(C)c(C)c2c(C)[n+](C)c(C)c(C)c2c1C.Cc1c(C)c(C)c2c(c1C)CC[n+]1c-2c(C)c2c(C)c(C)c(C)c(C)c2c1C.Cc1c(C)c(C)c2c(cc[n+]3c(C)c4c(C)c(C)c(C)c(C)c4c(C)c23)c1C. The number of aromatic nitrogens is 3. The van der Waals surface area contributed by atoms with E-state index in [-0.39, 0.29) is 22.3 Å². The van der Waals surface area contributed by atoms with E-state index in [2.05, 4.69) is 220 Å². The second-order valence-electron chi connectivity index (χ2n) is 23.5. The molecule has 1 aliphatic rings. The average Bonchev–Trinajstić information content (AvgIpc) is 3.38. The monoisotopic (exact) mass is 1030 g/mol. The van der Waals surface area contributed by atoms with Crippen LogP contribution in [0.4, 0.5) is 0 Å². The second kappa shape index (κ2) is 21.7. The van der Waals surface area contributed by atoms with E-state index in [1.54, 1.807) is 5.56 Å². The summed E-state index contributed by atoms with van der Waals surface area (Å²) >= 11 is 0. The van der Waals surface area contributed by atoms with E-state index in [4.69, 9.17) is 0 Å². The molecule has 410 valence electrons. The third kappa shape index (κ3) is 8.80. The van der Waals surface area contributed by atoms with Crippen molar-refractivity contribution in [3.05, 3.63) is 169 Å². The van der Waals surface area contributed by atoms with Gasteiger partial charge in [0.15, 0.2) is 35.5 Å². The largest absolute Gasteiger partial charge is 0.222 e. The number of aryl methyl sites for hydroxylation is 14. The number of pyridine rings is 4. The minimum Gasteiger partial charge on any atom is -0.202 e. The lowest BCUT2D eigenvalue weighted by Gasteiger charge is -2.27. The highest BCUT2D eigenvalue weighted by Crippen LogP contribution is 2.43. The summed E-state index contributed by atoms with van der Waals surface area (Å²) in [5, 5.41) is 11.5. The van der Waals surface area contributed by atoms with Gasteiger partial charge >= 0.3 is 0 Å². The van der Waals surface area contributed by atoms with Crippen LogP contribution in [0.3, 0.4) is 0 Å². The van der Waals surface area contributed by atoms with Crippen LogP contribution < -0.4 is 13.5 Å². The van der Waals surface area contributed by atoms with Gasteiger partial charge in [-0.3, -0.25) is 0 Å². The van der Waals surface area contributed by atoms with Crippen molar-refractivity contribution in [3.8, 4) is 11.3 Å². The summed E-state index contributed by atoms with van der Waals surface area (Å²) in [5.74, 6) is 0. The smallest absolute Gasteiger partial charge is 0.202 e. The van der Waals surface area contributed by atoms with Crippen LogP contribution in [0.1, 0.15) is 179 Å². The predicted molar refractivity (Wildman–Crippen MR) is 341 cm³/mol. The van der Waals surface area contributed by atoms with Crippen LogP contribution in [-0.4, -0.2) is 0 Å². The number of rotatable bonds is 0. The van der Waals surface area contributed by atoms with Crippen LogP contribution in [0, 0.1) is 187 Å². The standard InChI is InChI=1S/C27H34N.C27H32N.C17H24N.3CH4/c2*1-13-14(2)20(8)26-23(17(13)5)11-12-28-22(10)25-19(7)16(4)15(3)18(6)24(25)21(9)27(26)28;1-9-10(2)12(4)17-15(7)18(8)14(6)13(5)16(17)11(9)3;;;/h11-12H2,1-10H3;11-12H,1-10H3;1-8H3;3*1H4/q3*+1;;;. The van der Waals surface area contributed by atoms with E-state index in [1.807, 2.05) is 0 Å². The van der Waals surface area contributed by atoms with Gasteiger partial charge in [-0.2, -0.15) is 8.97 Å². The van der Waals surface area contributed by atoms with Gasteiger partial charge in [0.05, 0.1) is 27.1 Å². The molecule has 0 N–H and O–H groups in total. The molecule has 77 heavy (non-hydrogen) atoms. The third-order valence-electron chi connectivity index (χ3n) is 20.8. The quantitative estimate of drug-likeness (QED) is 0.0815. The Hall–Kier alpha value is -5.93. The minimum atomic E-state index is 0. The van der Waals surface area contributed by atoms with Gasteiger partial charge in [0.2, 0.25) is 11.2 Å². The number of fused-ring (bicyclic) bond motifs is 9. The first-order valence-electron chi connectivity index (χ1n) is 27.6. The molecule has 5 aromatic carbocycles. The Bertz CT molecular complexity index is 3890. The van der Waals surface area contributed by atoms with Crippen LogP contribution in [0.15, 0.2) is 12.3 Å². The molecule has 4 aromatic heterocycles. The normalized spacial score (nSPS) is 11.7. The summed E-state index contributed by atoms with van der Waals surface area (Å²) in [6.45, 7) is 62.7. The molecule has 0 amide bonds. The van der Waals surface area contributed by atoms with E-state index in [1.165, 1.54) is 211 Å². The Kier molecular flexibility index (Phi) is 17.5. The van der Waals surface area contributed by atoms with Gasteiger partial charge in [0.1, 0.15) is 7.05 Å². The van der Waals surface area contributed by atoms with Gasteiger partial charge in [-0.25, -0.2) is 4.57 Å². The summed E-state index contributed by atoms with van der Waals surface area (Å²) in [4.78, 5) is 0. The van der Waals surface area contributed by atoms with Gasteiger partial charge in [-0.15, -0.1) is 0 Å². The molecule has 5 heterocycles. The first-order chi connectivity index (χ1) is 34.5. The van der Waals surface area contributed by atoms with Crippen LogP contribution >= 0.6 is 0 Å². The average molecular weight is 1030 g/mol. The van der Waals surface area contributed by atoms with Crippen molar-refractivity contribution in [1.29, 1.82) is 0 Å². The highest BCUT2D eigenvalue weighted by Gasteiger charge is 2.34. The van der Waals surface area contributed by atoms with E-state index >= 15 is 0 Å². The molecule has 0 unspecified atom stereocenters. The second-order valence-corrected chi connectivity index (χ2v) is 23.5. The lowest BCUT2D eigenvalue weighted by atomic mass is 9.80. The van der Waals surface area contributed by atoms with Crippen LogP contribution in [0.2, 0.25) is 0 Å². The lowest BCUT2D eigenvalue weighted by molar-refractivity contribution is -0.692. The molecule has 0 saturated carbocycles. The Morgan fingerprint density at radius 3 is 1.12 bits per heavy atom. The maximum Gasteiger partial charge on any atom is 0.222 e. The molecule has 0 radical (unpaired) electrons. The molecule has 3 nitrogen and oxygen atoms in total. The van der Waals surface area contributed by atoms with E-state index in [0.717, 1.165) is 13.0 Å². The summed E-state index contributed by atoms with van der Waals surface area (Å²) in [5.41, 5.74) is 44.5. The zero-order valence-electron chi connectivity index (χ0n) is 51.4. The number of hydrogen-bond acceptors (Lipinski definition) is 0. The van der Waals surface area contributed by atoms with E-state index < -0.39 is 0 Å². The Labute approximate surface area is 468 Å². The Balaban J connectivity index is 0.000000214. The highest BCUT2D eigenvalue weighted by molar-refractivity contribution is 6.06. The zero-order chi connectivity index (χ0) is 55.1. The third-order valence-corrected chi connectivity index (χ3v) is 20.8. The first-order valence-corrected chi connectivity index (χ1v) is 27.6. The number of benzene rings is 5. The Morgan fingerprint density at radius 1 is 0.299 bits per heavy atom. The van der Waals surface area contributed by atoms with E-state index in [9.17, 15) is 0 Å². The van der Waals surface area contributed by atoms with Crippen LogP contribution in [-0.2, 0) is 20.0 Å². The van der Waals surface area contributed by atoms with E-state index in [0.29, 0.717) is 0 Å². The molecule has 3 heteroatoms. The zero-order valence-corrected chi connectivity index (χ0v) is 51.4. The molecule has 10 rings (SSSR count). The lowest BCUT2D eigenvalue weighted by Crippen LogP contribution is -2.45. The molecule has 0 fully saturated rings. The van der Waals surface area contributed by atoms with Gasteiger partial charge in [-0.1, -0.05) is 22.3 Å². The fourth-order valence-electron chi connectivity index (χ4n) is 14.1. The molecular weight excluding hydrogens is 931 g/mol. The Morgan fingerprint density at radius 2 is 0.649 bits per heavy atom. The van der Waals surface area contributed by atoms with Crippen molar-refractivity contribution < 1.29 is 13.5 Å². The molecule has 0 atom stereocenters. The fourth-order valence-corrected chi connectivity index (χ4v) is 14.1. The maximum atomic E-state index is 2.61. The summed E-state index contributed by atoms with van der Waals surface area (Å²) in [7, 11) is 2.17. The van der Waals surface area contributed by atoms with Crippen molar-refractivity contribution in [2.75, 3.05) is 0 Å². The molecule has 0 bridgehead atoms. The van der Waals surface area contributed by atoms with Crippen molar-refractivity contribution in [3.63, 3.8) is 0 Å². The maximum absolute atomic E-state index is 2.61. The fraction of sp³-hybridized carbons (Fsp3) is 0.446. The topological polar surface area (TPSA) is 11.9 Å². The van der Waals surface area contributed by atoms with Crippen LogP contribution in [0.25, 0.3) is 59.9 Å². The number of nitrogens with zero attached hydrogens (tertiary/aromatic N) is 3. The highest BCUT2D eigenvalue weighted by atomic mass is 15.0. The molecule has 1 aliphatic heterocycles. The molecule has 0 aliphatic carbocycles. The van der Waals surface area contributed by atoms with Crippen LogP contribution in [0.5, 0.6) is 0 Å². The summed E-state index contributed by atoms with van der Waals surface area (Å²) in [6, 6.07) is 2.32. The molecule has 0 spiro atoms. The van der Waals surface area contributed by atoms with Gasteiger partial charge in [0.25, 0.3) is 0 Å². The van der Waals surface area contributed by atoms with Gasteiger partial charge < -0.3 is 0 Å². The van der Waals surface area contributed by atoms with Gasteiger partial charge in [0, 0.05) is 73.0 Å². The summed E-state index contributed by atoms with van der Waals surface area (Å²) < 4.78 is 7.36. The molecule has 0 saturated heterocycles. The number of hydrogen-bond donors (Lipinski definition) is 0. The summed E-state index contributed by atoms with van der Waals surface area (Å²) in [6.07, 6.45) is 3.42. The predicted octanol–water partition coefficient (Wildman–Crippen LogP) is 19.0. The van der Waals surface area contributed by atoms with Crippen molar-refractivity contribution >= 4 is 48.6 Å². The first kappa shape index (κ1) is 61.9. The van der Waals surface area contributed by atoms with Gasteiger partial charge in [-0.05, 0) is 281 Å².